The third-order valence-corrected chi connectivity index (χ3v) is 2.88. The van der Waals surface area contributed by atoms with Gasteiger partial charge in [-0.1, -0.05) is 24.3 Å². The van der Waals surface area contributed by atoms with Crippen molar-refractivity contribution in [3.63, 3.8) is 0 Å². The van der Waals surface area contributed by atoms with E-state index in [1.807, 2.05) is 36.4 Å². The van der Waals surface area contributed by atoms with E-state index >= 15 is 0 Å². The second kappa shape index (κ2) is 6.20. The fraction of sp³-hybridized carbons (Fsp3) is 0.133. The molecule has 0 fully saturated rings. The summed E-state index contributed by atoms with van der Waals surface area (Å²) in [7, 11) is 0. The Morgan fingerprint density at radius 3 is 2.47 bits per heavy atom. The number of rotatable bonds is 4. The Labute approximate surface area is 118 Å². The lowest BCUT2D eigenvalue weighted by molar-refractivity contribution is 0.305. The van der Waals surface area contributed by atoms with Crippen LogP contribution in [-0.4, -0.2) is 5.11 Å². The van der Waals surface area contributed by atoms with E-state index in [2.05, 4.69) is 24.4 Å². The summed E-state index contributed by atoms with van der Waals surface area (Å²) in [6.45, 7) is 2.64. The van der Waals surface area contributed by atoms with Crippen molar-refractivity contribution in [1.29, 1.82) is 0 Å². The van der Waals surface area contributed by atoms with Gasteiger partial charge in [-0.2, -0.15) is 0 Å². The molecule has 0 amide bonds. The van der Waals surface area contributed by atoms with Gasteiger partial charge in [0.25, 0.3) is 0 Å². The third-order valence-electron chi connectivity index (χ3n) is 2.78. The molecule has 0 aliphatic carbocycles. The first kappa shape index (κ1) is 13.4. The fourth-order valence-electron chi connectivity index (χ4n) is 1.71. The number of aryl methyl sites for hydroxylation is 1. The second-order valence-electron chi connectivity index (χ2n) is 4.23. The van der Waals surface area contributed by atoms with E-state index in [1.54, 1.807) is 0 Å². The second-order valence-corrected chi connectivity index (χ2v) is 4.67. The SMILES string of the molecule is Cc1ccccc1COc1ccc(NC(N)=S)cc1. The molecule has 0 bridgehead atoms. The average Bonchev–Trinajstić information content (AvgIpc) is 2.39. The first-order valence-electron chi connectivity index (χ1n) is 5.99. The Kier molecular flexibility index (Phi) is 4.36. The van der Waals surface area contributed by atoms with E-state index < -0.39 is 0 Å². The lowest BCUT2D eigenvalue weighted by Crippen LogP contribution is -2.18. The van der Waals surface area contributed by atoms with Crippen LogP contribution in [0.4, 0.5) is 5.69 Å². The lowest BCUT2D eigenvalue weighted by atomic mass is 10.1. The zero-order chi connectivity index (χ0) is 13.7. The maximum Gasteiger partial charge on any atom is 0.168 e. The summed E-state index contributed by atoms with van der Waals surface area (Å²) in [5, 5.41) is 3.13. The van der Waals surface area contributed by atoms with Gasteiger partial charge in [0.05, 0.1) is 0 Å². The number of anilines is 1. The van der Waals surface area contributed by atoms with Crippen molar-refractivity contribution in [2.24, 2.45) is 5.73 Å². The van der Waals surface area contributed by atoms with Gasteiger partial charge in [-0.3, -0.25) is 0 Å². The highest BCUT2D eigenvalue weighted by Crippen LogP contribution is 2.17. The zero-order valence-corrected chi connectivity index (χ0v) is 11.5. The largest absolute Gasteiger partial charge is 0.489 e. The van der Waals surface area contributed by atoms with E-state index in [0.717, 1.165) is 11.4 Å². The van der Waals surface area contributed by atoms with Crippen molar-refractivity contribution in [1.82, 2.24) is 0 Å². The van der Waals surface area contributed by atoms with Crippen LogP contribution in [-0.2, 0) is 6.61 Å². The number of hydrogen-bond donors (Lipinski definition) is 2. The van der Waals surface area contributed by atoms with Gasteiger partial charge >= 0.3 is 0 Å². The Balaban J connectivity index is 1.97. The van der Waals surface area contributed by atoms with Gasteiger partial charge in [0.15, 0.2) is 5.11 Å². The minimum Gasteiger partial charge on any atom is -0.489 e. The third kappa shape index (κ3) is 3.96. The van der Waals surface area contributed by atoms with Gasteiger partial charge in [-0.25, -0.2) is 0 Å². The molecule has 3 nitrogen and oxygen atoms in total. The fourth-order valence-corrected chi connectivity index (χ4v) is 1.83. The maximum atomic E-state index is 5.74. The summed E-state index contributed by atoms with van der Waals surface area (Å²) >= 11 is 4.78. The summed E-state index contributed by atoms with van der Waals surface area (Å²) < 4.78 is 5.74. The molecule has 0 heterocycles. The number of nitrogens with one attached hydrogen (secondary N) is 1. The molecular weight excluding hydrogens is 256 g/mol. The van der Waals surface area contributed by atoms with Crippen molar-refractivity contribution in [2.75, 3.05) is 5.32 Å². The van der Waals surface area contributed by atoms with Gasteiger partial charge in [0.1, 0.15) is 12.4 Å². The van der Waals surface area contributed by atoms with Crippen LogP contribution in [0, 0.1) is 6.92 Å². The number of nitrogens with two attached hydrogens (primary N) is 1. The van der Waals surface area contributed by atoms with Crippen LogP contribution in [0.1, 0.15) is 11.1 Å². The van der Waals surface area contributed by atoms with E-state index in [0.29, 0.717) is 6.61 Å². The molecule has 2 aromatic rings. The molecule has 0 aliphatic rings. The van der Waals surface area contributed by atoms with Crippen LogP contribution in [0.25, 0.3) is 0 Å². The summed E-state index contributed by atoms with van der Waals surface area (Å²) in [5.41, 5.74) is 8.68. The molecule has 0 saturated carbocycles. The molecule has 19 heavy (non-hydrogen) atoms. The molecule has 0 unspecified atom stereocenters. The average molecular weight is 272 g/mol. The number of benzene rings is 2. The van der Waals surface area contributed by atoms with Crippen LogP contribution in [0.15, 0.2) is 48.5 Å². The van der Waals surface area contributed by atoms with Gasteiger partial charge in [-0.15, -0.1) is 0 Å². The van der Waals surface area contributed by atoms with E-state index in [1.165, 1.54) is 11.1 Å². The van der Waals surface area contributed by atoms with Crippen LogP contribution >= 0.6 is 12.2 Å². The predicted molar refractivity (Wildman–Crippen MR) is 82.4 cm³/mol. The summed E-state index contributed by atoms with van der Waals surface area (Å²) in [6.07, 6.45) is 0. The van der Waals surface area contributed by atoms with E-state index in [-0.39, 0.29) is 5.11 Å². The predicted octanol–water partition coefficient (Wildman–Crippen LogP) is 3.23. The smallest absolute Gasteiger partial charge is 0.168 e. The zero-order valence-electron chi connectivity index (χ0n) is 10.7. The van der Waals surface area contributed by atoms with Crippen LogP contribution in [0.3, 0.4) is 0 Å². The Morgan fingerprint density at radius 1 is 1.16 bits per heavy atom. The quantitative estimate of drug-likeness (QED) is 0.839. The molecule has 0 spiro atoms. The molecular formula is C15H16N2OS. The van der Waals surface area contributed by atoms with Crippen molar-refractivity contribution >= 4 is 23.0 Å². The maximum absolute atomic E-state index is 5.74. The van der Waals surface area contributed by atoms with Gasteiger partial charge in [0, 0.05) is 5.69 Å². The first-order chi connectivity index (χ1) is 9.15. The van der Waals surface area contributed by atoms with Crippen LogP contribution < -0.4 is 15.8 Å². The molecule has 2 rings (SSSR count). The number of hydrogen-bond acceptors (Lipinski definition) is 2. The number of ether oxygens (including phenoxy) is 1. The molecule has 0 atom stereocenters. The highest BCUT2D eigenvalue weighted by molar-refractivity contribution is 7.80. The minimum absolute atomic E-state index is 0.258. The van der Waals surface area contributed by atoms with Gasteiger partial charge < -0.3 is 15.8 Å². The minimum atomic E-state index is 0.258. The van der Waals surface area contributed by atoms with Gasteiger partial charge in [0.2, 0.25) is 0 Å². The van der Waals surface area contributed by atoms with E-state index in [9.17, 15) is 0 Å². The number of thiocarbonyl (C=S) groups is 1. The molecule has 98 valence electrons. The van der Waals surface area contributed by atoms with Gasteiger partial charge in [-0.05, 0) is 54.5 Å². The molecule has 0 saturated heterocycles. The summed E-state index contributed by atoms with van der Waals surface area (Å²) in [4.78, 5) is 0. The molecule has 0 aromatic heterocycles. The molecule has 2 aromatic carbocycles. The van der Waals surface area contributed by atoms with E-state index in [4.69, 9.17) is 22.7 Å². The molecule has 3 N–H and O–H groups in total. The Morgan fingerprint density at radius 2 is 1.84 bits per heavy atom. The van der Waals surface area contributed by atoms with Crippen molar-refractivity contribution in [3.8, 4) is 5.75 Å². The lowest BCUT2D eigenvalue weighted by Gasteiger charge is -2.09. The topological polar surface area (TPSA) is 47.3 Å². The van der Waals surface area contributed by atoms with Crippen molar-refractivity contribution in [2.45, 2.75) is 13.5 Å². The highest BCUT2D eigenvalue weighted by atomic mass is 32.1. The highest BCUT2D eigenvalue weighted by Gasteiger charge is 1.99. The molecule has 0 radical (unpaired) electrons. The molecule has 0 aliphatic heterocycles. The van der Waals surface area contributed by atoms with Crippen LogP contribution in [0.2, 0.25) is 0 Å². The Hall–Kier alpha value is -2.07. The van der Waals surface area contributed by atoms with Crippen molar-refractivity contribution in [3.05, 3.63) is 59.7 Å². The monoisotopic (exact) mass is 272 g/mol. The standard InChI is InChI=1S/C15H16N2OS/c1-11-4-2-3-5-12(11)10-18-14-8-6-13(7-9-14)17-15(16)19/h2-9H,10H2,1H3,(H3,16,17,19). The summed E-state index contributed by atoms with van der Waals surface area (Å²) in [5.74, 6) is 0.816. The first-order valence-corrected chi connectivity index (χ1v) is 6.40. The Bertz CT molecular complexity index is 567. The van der Waals surface area contributed by atoms with Crippen molar-refractivity contribution < 1.29 is 4.74 Å². The molecule has 4 heteroatoms. The summed E-state index contributed by atoms with van der Waals surface area (Å²) in [6, 6.07) is 15.7. The normalized spacial score (nSPS) is 9.95. The van der Waals surface area contributed by atoms with Crippen LogP contribution in [0.5, 0.6) is 5.75 Å².